The van der Waals surface area contributed by atoms with Gasteiger partial charge in [-0.2, -0.15) is 0 Å². The molecule has 4 amide bonds. The van der Waals surface area contributed by atoms with E-state index in [2.05, 4.69) is 52.0 Å². The molecular formula is C50H61N11O7. The van der Waals surface area contributed by atoms with Crippen LogP contribution in [0.5, 0.6) is 5.75 Å². The van der Waals surface area contributed by atoms with Gasteiger partial charge in [0.1, 0.15) is 23.8 Å². The summed E-state index contributed by atoms with van der Waals surface area (Å²) in [6, 6.07) is 22.2. The number of nitrogens with one attached hydrogen (secondary N) is 3. The fourth-order valence-corrected chi connectivity index (χ4v) is 8.70. The first kappa shape index (κ1) is 47.7. The third kappa shape index (κ3) is 12.4. The first-order valence-electron chi connectivity index (χ1n) is 23.6. The Bertz CT molecular complexity index is 2510. The van der Waals surface area contributed by atoms with Crippen molar-refractivity contribution in [1.29, 1.82) is 0 Å². The number of rotatable bonds is 23. The molecule has 0 bridgehead atoms. The normalized spacial score (nSPS) is 16.7. The molecule has 0 saturated carbocycles. The van der Waals surface area contributed by atoms with Crippen LogP contribution < -0.4 is 25.6 Å². The van der Waals surface area contributed by atoms with Gasteiger partial charge in [0.2, 0.25) is 11.8 Å². The van der Waals surface area contributed by atoms with Crippen molar-refractivity contribution in [3.63, 3.8) is 0 Å². The zero-order chi connectivity index (χ0) is 47.2. The maximum absolute atomic E-state index is 13.3. The van der Waals surface area contributed by atoms with E-state index in [0.29, 0.717) is 75.2 Å². The molecule has 5 aromatic rings. The molecule has 5 heterocycles. The van der Waals surface area contributed by atoms with Crippen LogP contribution in [0.15, 0.2) is 85.3 Å². The number of aromatic nitrogens is 5. The van der Waals surface area contributed by atoms with Gasteiger partial charge in [0, 0.05) is 88.0 Å². The number of hydrogen-bond acceptors (Lipinski definition) is 14. The molecule has 1 unspecified atom stereocenters. The quantitative estimate of drug-likeness (QED) is 0.0589. The minimum Gasteiger partial charge on any atom is -0.494 e. The van der Waals surface area contributed by atoms with Gasteiger partial charge in [0.05, 0.1) is 39.0 Å². The summed E-state index contributed by atoms with van der Waals surface area (Å²) in [6.45, 7) is 10.4. The van der Waals surface area contributed by atoms with Crippen LogP contribution >= 0.6 is 0 Å². The average Bonchev–Trinajstić information content (AvgIpc) is 3.90. The SMILES string of the molecule is C[C@@H](NC(=O)c1cccc(NCc2nnc(-c3ccncn3)n2C)c1)c1cccc(OCCCCCCOCCOCCN2CCN(c3ccc4c(c3)CN(C3CCC(=O)NC3=O)C4=O)CC2)c1. The van der Waals surface area contributed by atoms with Crippen molar-refractivity contribution in [2.45, 2.75) is 70.6 Å². The number of hydrogen-bond donors (Lipinski definition) is 3. The Labute approximate surface area is 396 Å². The Kier molecular flexibility index (Phi) is 16.4. The van der Waals surface area contributed by atoms with Gasteiger partial charge in [-0.25, -0.2) is 9.97 Å². The van der Waals surface area contributed by atoms with Crippen LogP contribution in [-0.4, -0.2) is 130 Å². The molecule has 68 heavy (non-hydrogen) atoms. The van der Waals surface area contributed by atoms with Crippen molar-refractivity contribution in [1.82, 2.24) is 45.2 Å². The summed E-state index contributed by atoms with van der Waals surface area (Å²) >= 11 is 0. The third-order valence-corrected chi connectivity index (χ3v) is 12.7. The van der Waals surface area contributed by atoms with Gasteiger partial charge in [0.15, 0.2) is 11.6 Å². The van der Waals surface area contributed by atoms with Crippen LogP contribution in [-0.2, 0) is 39.2 Å². The lowest BCUT2D eigenvalue weighted by Gasteiger charge is -2.36. The third-order valence-electron chi connectivity index (χ3n) is 12.7. The summed E-state index contributed by atoms with van der Waals surface area (Å²) < 4.78 is 19.6. The number of ether oxygens (including phenoxy) is 3. The van der Waals surface area contributed by atoms with Crippen molar-refractivity contribution in [3.8, 4) is 17.3 Å². The van der Waals surface area contributed by atoms with Crippen LogP contribution in [0.1, 0.15) is 89.2 Å². The minimum atomic E-state index is -0.604. The van der Waals surface area contributed by atoms with E-state index in [1.165, 1.54) is 6.33 Å². The summed E-state index contributed by atoms with van der Waals surface area (Å²) in [6.07, 6.45) is 7.80. The molecule has 2 saturated heterocycles. The average molecular weight is 928 g/mol. The zero-order valence-electron chi connectivity index (χ0n) is 38.9. The fraction of sp³-hybridized carbons (Fsp3) is 0.440. The summed E-state index contributed by atoms with van der Waals surface area (Å²) in [5, 5.41) is 17.4. The van der Waals surface area contributed by atoms with Crippen molar-refractivity contribution >= 4 is 35.0 Å². The predicted molar refractivity (Wildman–Crippen MR) is 255 cm³/mol. The van der Waals surface area contributed by atoms with E-state index in [1.807, 2.05) is 73.1 Å². The molecule has 2 atom stereocenters. The minimum absolute atomic E-state index is 0.147. The number of carbonyl (C=O) groups excluding carboxylic acids is 4. The van der Waals surface area contributed by atoms with Crippen LogP contribution in [0.25, 0.3) is 11.5 Å². The number of piperazine rings is 1. The lowest BCUT2D eigenvalue weighted by molar-refractivity contribution is -0.136. The number of unbranched alkanes of at least 4 members (excludes halogenated alkanes) is 3. The molecule has 3 N–H and O–H groups in total. The summed E-state index contributed by atoms with van der Waals surface area (Å²) in [5.74, 6) is 1.17. The highest BCUT2D eigenvalue weighted by atomic mass is 16.5. The number of nitrogens with zero attached hydrogens (tertiary/aromatic N) is 8. The highest BCUT2D eigenvalue weighted by Gasteiger charge is 2.39. The van der Waals surface area contributed by atoms with Gasteiger partial charge in [0.25, 0.3) is 11.8 Å². The Morgan fingerprint density at radius 1 is 0.868 bits per heavy atom. The first-order valence-corrected chi connectivity index (χ1v) is 23.6. The zero-order valence-corrected chi connectivity index (χ0v) is 38.9. The van der Waals surface area contributed by atoms with Crippen LogP contribution in [0.3, 0.4) is 0 Å². The molecule has 2 aromatic heterocycles. The van der Waals surface area contributed by atoms with Crippen molar-refractivity contribution in [3.05, 3.63) is 113 Å². The summed E-state index contributed by atoms with van der Waals surface area (Å²) in [7, 11) is 1.89. The summed E-state index contributed by atoms with van der Waals surface area (Å²) in [4.78, 5) is 64.9. The van der Waals surface area contributed by atoms with Gasteiger partial charge in [-0.1, -0.05) is 24.6 Å². The topological polar surface area (TPSA) is 198 Å². The lowest BCUT2D eigenvalue weighted by atomic mass is 10.0. The Balaban J connectivity index is 0.638. The number of piperidine rings is 1. The molecule has 18 nitrogen and oxygen atoms in total. The van der Waals surface area contributed by atoms with Crippen LogP contribution in [0, 0.1) is 0 Å². The largest absolute Gasteiger partial charge is 0.494 e. The number of benzene rings is 3. The predicted octanol–water partition coefficient (Wildman–Crippen LogP) is 4.93. The first-order chi connectivity index (χ1) is 33.2. The molecule has 3 aliphatic rings. The van der Waals surface area contributed by atoms with E-state index in [-0.39, 0.29) is 36.1 Å². The number of anilines is 2. The Morgan fingerprint density at radius 3 is 2.49 bits per heavy atom. The van der Waals surface area contributed by atoms with Crippen molar-refractivity contribution in [2.24, 2.45) is 7.05 Å². The van der Waals surface area contributed by atoms with Gasteiger partial charge in [-0.15, -0.1) is 10.2 Å². The number of carbonyl (C=O) groups is 4. The Hall–Kier alpha value is -6.76. The number of amides is 4. The maximum atomic E-state index is 13.3. The highest BCUT2D eigenvalue weighted by Crippen LogP contribution is 2.31. The molecule has 0 spiro atoms. The standard InChI is InChI=1S/C50H61N11O7/c1-35(54-48(63)37-10-7-11-39(29-37)52-32-45-56-57-47(58(45)2)43-17-18-51-34-53-43)36-9-8-12-41(31-36)68-25-6-4-3-5-24-66-27-28-67-26-23-59-19-21-60(22-20-59)40-13-14-42-38(30-40)33-61(50(42)65)44-15-16-46(62)55-49(44)64/h7-14,17-18,29-31,34-35,44,52H,3-6,15-16,19-28,32-33H2,1-2H3,(H,54,63)(H,55,62,64)/t35-,44?/m1/s1. The molecule has 18 heteroatoms. The van der Waals surface area contributed by atoms with E-state index in [9.17, 15) is 19.2 Å². The highest BCUT2D eigenvalue weighted by molar-refractivity contribution is 6.05. The molecule has 358 valence electrons. The van der Waals surface area contributed by atoms with Crippen LogP contribution in [0.4, 0.5) is 11.4 Å². The maximum Gasteiger partial charge on any atom is 0.255 e. The lowest BCUT2D eigenvalue weighted by Crippen LogP contribution is -2.52. The van der Waals surface area contributed by atoms with Crippen molar-refractivity contribution < 1.29 is 33.4 Å². The molecule has 2 fully saturated rings. The summed E-state index contributed by atoms with van der Waals surface area (Å²) in [5.41, 5.74) is 5.64. The Morgan fingerprint density at radius 2 is 1.68 bits per heavy atom. The van der Waals surface area contributed by atoms with Gasteiger partial charge in [-0.3, -0.25) is 29.4 Å². The molecular weight excluding hydrogens is 867 g/mol. The second-order valence-corrected chi connectivity index (χ2v) is 17.4. The molecule has 0 radical (unpaired) electrons. The van der Waals surface area contributed by atoms with Crippen LogP contribution in [0.2, 0.25) is 0 Å². The van der Waals surface area contributed by atoms with E-state index in [1.54, 1.807) is 23.2 Å². The molecule has 0 aliphatic carbocycles. The fourth-order valence-electron chi connectivity index (χ4n) is 8.70. The number of imide groups is 1. The molecule has 3 aliphatic heterocycles. The van der Waals surface area contributed by atoms with Crippen molar-refractivity contribution in [2.75, 3.05) is 76.0 Å². The van der Waals surface area contributed by atoms with Gasteiger partial charge >= 0.3 is 0 Å². The van der Waals surface area contributed by atoms with Gasteiger partial charge in [-0.05, 0) is 98.3 Å². The van der Waals surface area contributed by atoms with E-state index < -0.39 is 6.04 Å². The smallest absolute Gasteiger partial charge is 0.255 e. The van der Waals surface area contributed by atoms with E-state index >= 15 is 0 Å². The van der Waals surface area contributed by atoms with E-state index in [4.69, 9.17) is 14.2 Å². The molecule has 3 aromatic carbocycles. The second kappa shape index (κ2) is 23.3. The van der Waals surface area contributed by atoms with E-state index in [0.717, 1.165) is 92.5 Å². The second-order valence-electron chi connectivity index (χ2n) is 17.4. The monoisotopic (exact) mass is 927 g/mol. The number of fused-ring (bicyclic) bond motifs is 1. The van der Waals surface area contributed by atoms with Gasteiger partial charge < -0.3 is 39.2 Å². The molecule has 8 rings (SSSR count).